The third-order valence-corrected chi connectivity index (χ3v) is 5.05. The molecule has 0 spiro atoms. The molecule has 0 radical (unpaired) electrons. The fourth-order valence-electron chi connectivity index (χ4n) is 1.59. The zero-order chi connectivity index (χ0) is 14.9. The lowest BCUT2D eigenvalue weighted by molar-refractivity contribution is 0.0696. The van der Waals surface area contributed by atoms with Gasteiger partial charge in [0.2, 0.25) is 0 Å². The molecule has 2 aromatic rings. The number of benzene rings is 1. The topological polar surface area (TPSA) is 96.4 Å². The van der Waals surface area contributed by atoms with Crippen LogP contribution in [0.2, 0.25) is 0 Å². The van der Waals surface area contributed by atoms with Crippen molar-refractivity contribution in [2.24, 2.45) is 0 Å². The van der Waals surface area contributed by atoms with Crippen molar-refractivity contribution in [1.29, 1.82) is 0 Å². The molecule has 106 valence electrons. The fourth-order valence-corrected chi connectivity index (χ4v) is 3.81. The number of carbonyl (C=O) groups is 1. The highest BCUT2D eigenvalue weighted by atomic mass is 32.2. The lowest BCUT2D eigenvalue weighted by Gasteiger charge is -2.09. The van der Waals surface area contributed by atoms with E-state index < -0.39 is 16.0 Å². The van der Waals surface area contributed by atoms with E-state index in [2.05, 4.69) is 9.71 Å². The molecule has 8 heteroatoms. The van der Waals surface area contributed by atoms with E-state index in [4.69, 9.17) is 5.11 Å². The van der Waals surface area contributed by atoms with Crippen LogP contribution < -0.4 is 4.72 Å². The average Bonchev–Trinajstić information content (AvgIpc) is 2.73. The Morgan fingerprint density at radius 1 is 1.35 bits per heavy atom. The molecule has 0 aliphatic heterocycles. The van der Waals surface area contributed by atoms with Gasteiger partial charge in [-0.25, -0.2) is 18.2 Å². The van der Waals surface area contributed by atoms with Crippen LogP contribution in [0.25, 0.3) is 0 Å². The first-order chi connectivity index (χ1) is 9.29. The van der Waals surface area contributed by atoms with Crippen LogP contribution in [-0.2, 0) is 10.0 Å². The van der Waals surface area contributed by atoms with Crippen molar-refractivity contribution in [2.75, 3.05) is 4.72 Å². The number of aromatic nitrogens is 1. The molecule has 1 aromatic heterocycles. The summed E-state index contributed by atoms with van der Waals surface area (Å²) in [6.07, 6.45) is 0. The van der Waals surface area contributed by atoms with E-state index in [1.165, 1.54) is 23.5 Å². The molecule has 0 saturated carbocycles. The van der Waals surface area contributed by atoms with Crippen LogP contribution in [0.5, 0.6) is 0 Å². The number of hydrogen-bond donors (Lipinski definition) is 2. The highest BCUT2D eigenvalue weighted by molar-refractivity contribution is 7.93. The summed E-state index contributed by atoms with van der Waals surface area (Å²) in [6, 6.07) is 3.97. The number of hydrogen-bond acceptors (Lipinski definition) is 5. The van der Waals surface area contributed by atoms with Crippen molar-refractivity contribution in [3.63, 3.8) is 0 Å². The molecule has 0 unspecified atom stereocenters. The first kappa shape index (κ1) is 14.5. The van der Waals surface area contributed by atoms with Crippen molar-refractivity contribution >= 4 is 32.5 Å². The maximum atomic E-state index is 12.3. The molecule has 0 aliphatic rings. The quantitative estimate of drug-likeness (QED) is 0.902. The Bertz CT molecular complexity index is 766. The first-order valence-corrected chi connectivity index (χ1v) is 7.95. The number of nitrogens with zero attached hydrogens (tertiary/aromatic N) is 1. The Balaban J connectivity index is 2.43. The summed E-state index contributed by atoms with van der Waals surface area (Å²) in [5, 5.41) is 10.9. The van der Waals surface area contributed by atoms with Gasteiger partial charge in [0.15, 0.2) is 5.13 Å². The predicted octanol–water partition coefficient (Wildman–Crippen LogP) is 2.26. The standard InChI is InChI=1S/C12H12N2O4S2/c1-7-3-4-9(11(15)16)5-10(7)20(17,18)14-12-13-8(2)6-19-12/h3-6H,1-2H3,(H,13,14)(H,15,16). The minimum Gasteiger partial charge on any atom is -0.478 e. The summed E-state index contributed by atoms with van der Waals surface area (Å²) < 4.78 is 26.9. The molecule has 0 saturated heterocycles. The summed E-state index contributed by atoms with van der Waals surface area (Å²) in [4.78, 5) is 14.9. The molecule has 0 atom stereocenters. The summed E-state index contributed by atoms with van der Waals surface area (Å²) >= 11 is 1.17. The number of carboxylic acids is 1. The van der Waals surface area contributed by atoms with Crippen molar-refractivity contribution in [1.82, 2.24) is 4.98 Å². The summed E-state index contributed by atoms with van der Waals surface area (Å²) in [6.45, 7) is 3.36. The Kier molecular flexibility index (Phi) is 3.78. The molecule has 1 aromatic carbocycles. The van der Waals surface area contributed by atoms with Gasteiger partial charge >= 0.3 is 5.97 Å². The van der Waals surface area contributed by atoms with E-state index in [9.17, 15) is 13.2 Å². The minimum absolute atomic E-state index is 0.0646. The van der Waals surface area contributed by atoms with Gasteiger partial charge in [0.25, 0.3) is 10.0 Å². The summed E-state index contributed by atoms with van der Waals surface area (Å²) in [5.74, 6) is -1.17. The number of anilines is 1. The molecule has 0 fully saturated rings. The molecular formula is C12H12N2O4S2. The van der Waals surface area contributed by atoms with E-state index >= 15 is 0 Å². The largest absolute Gasteiger partial charge is 0.478 e. The smallest absolute Gasteiger partial charge is 0.335 e. The molecule has 0 aliphatic carbocycles. The number of rotatable bonds is 4. The third kappa shape index (κ3) is 2.97. The van der Waals surface area contributed by atoms with Crippen molar-refractivity contribution in [2.45, 2.75) is 18.7 Å². The van der Waals surface area contributed by atoms with E-state index in [0.717, 1.165) is 6.07 Å². The van der Waals surface area contributed by atoms with Crippen LogP contribution in [0.1, 0.15) is 21.6 Å². The predicted molar refractivity (Wildman–Crippen MR) is 75.8 cm³/mol. The van der Waals surface area contributed by atoms with Gasteiger partial charge in [-0.3, -0.25) is 4.72 Å². The Labute approximate surface area is 120 Å². The number of aryl methyl sites for hydroxylation is 2. The van der Waals surface area contributed by atoms with Crippen LogP contribution in [-0.4, -0.2) is 24.5 Å². The van der Waals surface area contributed by atoms with Crippen LogP contribution in [0.15, 0.2) is 28.5 Å². The maximum absolute atomic E-state index is 12.3. The summed E-state index contributed by atoms with van der Waals surface area (Å²) in [5.41, 5.74) is 1.10. The number of aromatic carboxylic acids is 1. The molecule has 0 bridgehead atoms. The van der Waals surface area contributed by atoms with Crippen LogP contribution in [0.4, 0.5) is 5.13 Å². The average molecular weight is 312 g/mol. The molecule has 6 nitrogen and oxygen atoms in total. The summed E-state index contributed by atoms with van der Waals surface area (Å²) in [7, 11) is -3.85. The number of sulfonamides is 1. The molecule has 20 heavy (non-hydrogen) atoms. The Hall–Kier alpha value is -1.93. The number of nitrogens with one attached hydrogen (secondary N) is 1. The Morgan fingerprint density at radius 2 is 2.05 bits per heavy atom. The van der Waals surface area contributed by atoms with Crippen LogP contribution >= 0.6 is 11.3 Å². The van der Waals surface area contributed by atoms with Crippen molar-refractivity contribution in [3.05, 3.63) is 40.4 Å². The first-order valence-electron chi connectivity index (χ1n) is 5.58. The molecule has 2 rings (SSSR count). The van der Waals surface area contributed by atoms with Gasteiger partial charge in [-0.05, 0) is 31.5 Å². The molecule has 1 heterocycles. The second-order valence-corrected chi connectivity index (χ2v) is 6.69. The van der Waals surface area contributed by atoms with Crippen molar-refractivity contribution < 1.29 is 18.3 Å². The van der Waals surface area contributed by atoms with Gasteiger partial charge in [0.1, 0.15) is 0 Å². The second-order valence-electron chi connectivity index (χ2n) is 4.18. The Morgan fingerprint density at radius 3 is 2.60 bits per heavy atom. The lowest BCUT2D eigenvalue weighted by atomic mass is 10.1. The number of thiazole rings is 1. The van der Waals surface area contributed by atoms with E-state index in [-0.39, 0.29) is 15.6 Å². The van der Waals surface area contributed by atoms with Gasteiger partial charge in [-0.15, -0.1) is 11.3 Å². The fraction of sp³-hybridized carbons (Fsp3) is 0.167. The minimum atomic E-state index is -3.85. The highest BCUT2D eigenvalue weighted by Gasteiger charge is 2.20. The van der Waals surface area contributed by atoms with Gasteiger partial charge in [-0.2, -0.15) is 0 Å². The number of carboxylic acid groups (broad SMARTS) is 1. The van der Waals surface area contributed by atoms with E-state index in [1.54, 1.807) is 19.2 Å². The zero-order valence-electron chi connectivity index (χ0n) is 10.7. The van der Waals surface area contributed by atoms with Gasteiger partial charge in [-0.1, -0.05) is 6.07 Å². The monoisotopic (exact) mass is 312 g/mol. The highest BCUT2D eigenvalue weighted by Crippen LogP contribution is 2.22. The SMILES string of the molecule is Cc1csc(NS(=O)(=O)c2cc(C(=O)O)ccc2C)n1. The molecule has 0 amide bonds. The van der Waals surface area contributed by atoms with Gasteiger partial charge < -0.3 is 5.11 Å². The maximum Gasteiger partial charge on any atom is 0.335 e. The lowest BCUT2D eigenvalue weighted by Crippen LogP contribution is -2.15. The van der Waals surface area contributed by atoms with Crippen LogP contribution in [0.3, 0.4) is 0 Å². The third-order valence-electron chi connectivity index (χ3n) is 2.57. The zero-order valence-corrected chi connectivity index (χ0v) is 12.4. The van der Waals surface area contributed by atoms with Crippen LogP contribution in [0, 0.1) is 13.8 Å². The van der Waals surface area contributed by atoms with Gasteiger partial charge in [0.05, 0.1) is 16.2 Å². The van der Waals surface area contributed by atoms with Gasteiger partial charge in [0, 0.05) is 5.38 Å². The van der Waals surface area contributed by atoms with E-state index in [0.29, 0.717) is 11.3 Å². The molecule has 2 N–H and O–H groups in total. The normalized spacial score (nSPS) is 11.3. The van der Waals surface area contributed by atoms with E-state index in [1.807, 2.05) is 0 Å². The second kappa shape index (κ2) is 5.22. The van der Waals surface area contributed by atoms with Crippen molar-refractivity contribution in [3.8, 4) is 0 Å². The molecular weight excluding hydrogens is 300 g/mol.